The summed E-state index contributed by atoms with van der Waals surface area (Å²) in [5.74, 6) is -0.352. The number of amides is 2. The molecule has 1 aliphatic rings. The molecule has 2 aromatic rings. The molecule has 0 aliphatic carbocycles. The molecule has 0 saturated carbocycles. The zero-order chi connectivity index (χ0) is 17.4. The lowest BCUT2D eigenvalue weighted by atomic mass is 10.1. The zero-order valence-corrected chi connectivity index (χ0v) is 14.5. The van der Waals surface area contributed by atoms with Crippen LogP contribution >= 0.6 is 0 Å². The zero-order valence-electron chi connectivity index (χ0n) is 14.5. The summed E-state index contributed by atoms with van der Waals surface area (Å²) >= 11 is 0. The van der Waals surface area contributed by atoms with Crippen LogP contribution in [0.15, 0.2) is 36.4 Å². The largest absolute Gasteiger partial charge is 0.373 e. The van der Waals surface area contributed by atoms with Crippen molar-refractivity contribution in [2.75, 3.05) is 10.2 Å². The van der Waals surface area contributed by atoms with E-state index in [9.17, 15) is 9.59 Å². The normalized spacial score (nSPS) is 17.5. The lowest BCUT2D eigenvalue weighted by Crippen LogP contribution is -2.35. The summed E-state index contributed by atoms with van der Waals surface area (Å²) in [7, 11) is 0. The van der Waals surface area contributed by atoms with Crippen LogP contribution in [0.4, 0.5) is 11.4 Å². The SMILES string of the molecule is Cc1ccc(C)c(NC2CC(=O)N(c3ccc(C)c(C)c3)C2=O)c1. The first-order valence-corrected chi connectivity index (χ1v) is 8.14. The summed E-state index contributed by atoms with van der Waals surface area (Å²) in [5, 5.41) is 3.24. The van der Waals surface area contributed by atoms with Crippen molar-refractivity contribution in [3.05, 3.63) is 58.7 Å². The van der Waals surface area contributed by atoms with Crippen molar-refractivity contribution in [2.24, 2.45) is 0 Å². The maximum absolute atomic E-state index is 12.8. The van der Waals surface area contributed by atoms with Gasteiger partial charge >= 0.3 is 0 Å². The van der Waals surface area contributed by atoms with Gasteiger partial charge in [-0.05, 0) is 68.1 Å². The van der Waals surface area contributed by atoms with E-state index in [1.165, 1.54) is 4.90 Å². The van der Waals surface area contributed by atoms with E-state index in [-0.39, 0.29) is 18.2 Å². The number of aryl methyl sites for hydroxylation is 4. The highest BCUT2D eigenvalue weighted by molar-refractivity contribution is 6.23. The van der Waals surface area contributed by atoms with Gasteiger partial charge in [0.15, 0.2) is 0 Å². The molecular formula is C20H22N2O2. The van der Waals surface area contributed by atoms with Crippen molar-refractivity contribution in [1.82, 2.24) is 0 Å². The molecule has 1 atom stereocenters. The molecule has 124 valence electrons. The summed E-state index contributed by atoms with van der Waals surface area (Å²) in [6.45, 7) is 7.99. The molecule has 4 heteroatoms. The number of anilines is 2. The van der Waals surface area contributed by atoms with E-state index in [2.05, 4.69) is 5.32 Å². The topological polar surface area (TPSA) is 49.4 Å². The Hall–Kier alpha value is -2.62. The van der Waals surface area contributed by atoms with Crippen molar-refractivity contribution in [3.63, 3.8) is 0 Å². The second kappa shape index (κ2) is 6.11. The van der Waals surface area contributed by atoms with Gasteiger partial charge in [-0.15, -0.1) is 0 Å². The molecule has 2 amide bonds. The van der Waals surface area contributed by atoms with Crippen LogP contribution in [0.25, 0.3) is 0 Å². The maximum Gasteiger partial charge on any atom is 0.256 e. The van der Waals surface area contributed by atoms with Gasteiger partial charge in [-0.2, -0.15) is 0 Å². The van der Waals surface area contributed by atoms with E-state index < -0.39 is 6.04 Å². The average molecular weight is 322 g/mol. The highest BCUT2D eigenvalue weighted by atomic mass is 16.2. The van der Waals surface area contributed by atoms with Crippen molar-refractivity contribution < 1.29 is 9.59 Å². The molecule has 2 aromatic carbocycles. The third-order valence-corrected chi connectivity index (χ3v) is 4.62. The van der Waals surface area contributed by atoms with Crippen LogP contribution in [0.5, 0.6) is 0 Å². The van der Waals surface area contributed by atoms with Crippen LogP contribution < -0.4 is 10.2 Å². The van der Waals surface area contributed by atoms with Crippen LogP contribution in [-0.2, 0) is 9.59 Å². The first-order chi connectivity index (χ1) is 11.4. The van der Waals surface area contributed by atoms with Crippen LogP contribution in [0.3, 0.4) is 0 Å². The Morgan fingerprint density at radius 1 is 0.917 bits per heavy atom. The second-order valence-corrected chi connectivity index (χ2v) is 6.56. The van der Waals surface area contributed by atoms with Crippen molar-refractivity contribution in [1.29, 1.82) is 0 Å². The fraction of sp³-hybridized carbons (Fsp3) is 0.300. The third-order valence-electron chi connectivity index (χ3n) is 4.62. The van der Waals surface area contributed by atoms with Gasteiger partial charge in [0.1, 0.15) is 6.04 Å². The number of benzene rings is 2. The van der Waals surface area contributed by atoms with E-state index in [4.69, 9.17) is 0 Å². The second-order valence-electron chi connectivity index (χ2n) is 6.56. The molecule has 3 rings (SSSR count). The fourth-order valence-electron chi connectivity index (χ4n) is 2.96. The monoisotopic (exact) mass is 322 g/mol. The molecule has 1 aliphatic heterocycles. The van der Waals surface area contributed by atoms with Crippen molar-refractivity contribution >= 4 is 23.2 Å². The Kier molecular flexibility index (Phi) is 4.14. The van der Waals surface area contributed by atoms with E-state index in [1.54, 1.807) is 0 Å². The van der Waals surface area contributed by atoms with Gasteiger partial charge in [0.25, 0.3) is 5.91 Å². The van der Waals surface area contributed by atoms with Crippen molar-refractivity contribution in [2.45, 2.75) is 40.2 Å². The minimum absolute atomic E-state index is 0.161. The number of hydrogen-bond acceptors (Lipinski definition) is 3. The number of nitrogens with one attached hydrogen (secondary N) is 1. The minimum atomic E-state index is -0.514. The predicted molar refractivity (Wildman–Crippen MR) is 96.4 cm³/mol. The maximum atomic E-state index is 12.8. The summed E-state index contributed by atoms with van der Waals surface area (Å²) in [6.07, 6.45) is 0.180. The van der Waals surface area contributed by atoms with Gasteiger partial charge in [-0.3, -0.25) is 9.59 Å². The standard InChI is InChI=1S/C20H22N2O2/c1-12-5-6-14(3)17(9-12)21-18-11-19(23)22(20(18)24)16-8-7-13(2)15(4)10-16/h5-10,18,21H,11H2,1-4H3. The van der Waals surface area contributed by atoms with Crippen LogP contribution in [0.1, 0.15) is 28.7 Å². The Morgan fingerprint density at radius 3 is 2.33 bits per heavy atom. The summed E-state index contributed by atoms with van der Waals surface area (Å²) in [6, 6.07) is 11.2. The van der Waals surface area contributed by atoms with Gasteiger partial charge < -0.3 is 5.32 Å². The van der Waals surface area contributed by atoms with Crippen molar-refractivity contribution in [3.8, 4) is 0 Å². The van der Waals surface area contributed by atoms with E-state index in [0.29, 0.717) is 5.69 Å². The Labute approximate surface area is 142 Å². The lowest BCUT2D eigenvalue weighted by Gasteiger charge is -2.18. The van der Waals surface area contributed by atoms with E-state index in [0.717, 1.165) is 27.9 Å². The highest BCUT2D eigenvalue weighted by Gasteiger charge is 2.39. The Morgan fingerprint density at radius 2 is 1.62 bits per heavy atom. The summed E-state index contributed by atoms with van der Waals surface area (Å²) in [4.78, 5) is 26.5. The number of hydrogen-bond donors (Lipinski definition) is 1. The van der Waals surface area contributed by atoms with Gasteiger partial charge in [0.2, 0.25) is 5.91 Å². The molecule has 24 heavy (non-hydrogen) atoms. The third kappa shape index (κ3) is 2.92. The summed E-state index contributed by atoms with van der Waals surface area (Å²) < 4.78 is 0. The fourth-order valence-corrected chi connectivity index (χ4v) is 2.96. The molecule has 1 unspecified atom stereocenters. The smallest absolute Gasteiger partial charge is 0.256 e. The minimum Gasteiger partial charge on any atom is -0.373 e. The van der Waals surface area contributed by atoms with Gasteiger partial charge in [-0.25, -0.2) is 4.90 Å². The van der Waals surface area contributed by atoms with Gasteiger partial charge in [0.05, 0.1) is 12.1 Å². The number of nitrogens with zero attached hydrogens (tertiary/aromatic N) is 1. The number of carbonyl (C=O) groups excluding carboxylic acids is 2. The predicted octanol–water partition coefficient (Wildman–Crippen LogP) is 3.66. The molecular weight excluding hydrogens is 300 g/mol. The molecule has 1 saturated heterocycles. The van der Waals surface area contributed by atoms with Crippen LogP contribution in [0.2, 0.25) is 0 Å². The molecule has 0 radical (unpaired) electrons. The molecule has 1 N–H and O–H groups in total. The van der Waals surface area contributed by atoms with Gasteiger partial charge in [0, 0.05) is 5.69 Å². The van der Waals surface area contributed by atoms with E-state index >= 15 is 0 Å². The highest BCUT2D eigenvalue weighted by Crippen LogP contribution is 2.27. The quantitative estimate of drug-likeness (QED) is 0.877. The lowest BCUT2D eigenvalue weighted by molar-refractivity contribution is -0.121. The Balaban J connectivity index is 1.86. The molecule has 4 nitrogen and oxygen atoms in total. The average Bonchev–Trinajstić information content (AvgIpc) is 2.80. The molecule has 1 fully saturated rings. The molecule has 1 heterocycles. The first kappa shape index (κ1) is 16.2. The number of rotatable bonds is 3. The van der Waals surface area contributed by atoms with E-state index in [1.807, 2.05) is 64.1 Å². The number of carbonyl (C=O) groups is 2. The first-order valence-electron chi connectivity index (χ1n) is 8.14. The number of imide groups is 1. The molecule has 0 spiro atoms. The molecule has 0 bridgehead atoms. The van der Waals surface area contributed by atoms with Crippen LogP contribution in [-0.4, -0.2) is 17.9 Å². The molecule has 0 aromatic heterocycles. The van der Waals surface area contributed by atoms with Gasteiger partial charge in [-0.1, -0.05) is 18.2 Å². The Bertz CT molecular complexity index is 826. The van der Waals surface area contributed by atoms with Crippen LogP contribution in [0, 0.1) is 27.7 Å². The summed E-state index contributed by atoms with van der Waals surface area (Å²) in [5.41, 5.74) is 5.94.